The summed E-state index contributed by atoms with van der Waals surface area (Å²) in [6.07, 6.45) is 1.86. The SMILES string of the molecule is COC(=O)c1ccc(NC(=O)c2csc3nc(-c4ccccc4)cn23)cc1. The molecule has 0 aliphatic rings. The zero-order chi connectivity index (χ0) is 18.8. The molecule has 4 rings (SSSR count). The van der Waals surface area contributed by atoms with Gasteiger partial charge in [0.15, 0.2) is 4.96 Å². The Morgan fingerprint density at radius 3 is 2.52 bits per heavy atom. The molecule has 0 unspecified atom stereocenters. The molecule has 0 bridgehead atoms. The zero-order valence-corrected chi connectivity index (χ0v) is 15.2. The van der Waals surface area contributed by atoms with E-state index in [1.54, 1.807) is 34.0 Å². The minimum atomic E-state index is -0.417. The van der Waals surface area contributed by atoms with E-state index in [0.29, 0.717) is 16.9 Å². The number of ether oxygens (including phenoxy) is 1. The van der Waals surface area contributed by atoms with E-state index >= 15 is 0 Å². The van der Waals surface area contributed by atoms with Crippen LogP contribution in [0.1, 0.15) is 20.8 Å². The lowest BCUT2D eigenvalue weighted by Crippen LogP contribution is -2.14. The average Bonchev–Trinajstić information content (AvgIpc) is 3.29. The highest BCUT2D eigenvalue weighted by atomic mass is 32.1. The fourth-order valence-corrected chi connectivity index (χ4v) is 3.55. The van der Waals surface area contributed by atoms with E-state index in [1.165, 1.54) is 18.4 Å². The van der Waals surface area contributed by atoms with Gasteiger partial charge >= 0.3 is 5.97 Å². The molecule has 0 fully saturated rings. The van der Waals surface area contributed by atoms with Crippen molar-refractivity contribution in [3.8, 4) is 11.3 Å². The summed E-state index contributed by atoms with van der Waals surface area (Å²) in [6.45, 7) is 0. The number of benzene rings is 2. The second-order valence-corrected chi connectivity index (χ2v) is 6.63. The molecule has 0 spiro atoms. The second-order valence-electron chi connectivity index (χ2n) is 5.79. The van der Waals surface area contributed by atoms with Gasteiger partial charge in [-0.1, -0.05) is 30.3 Å². The summed E-state index contributed by atoms with van der Waals surface area (Å²) in [7, 11) is 1.33. The Kier molecular flexibility index (Phi) is 4.43. The van der Waals surface area contributed by atoms with E-state index in [-0.39, 0.29) is 5.91 Å². The van der Waals surface area contributed by atoms with Gasteiger partial charge in [-0.3, -0.25) is 9.20 Å². The molecule has 0 saturated carbocycles. The Bertz CT molecular complexity index is 1110. The lowest BCUT2D eigenvalue weighted by Gasteiger charge is -2.05. The number of nitrogens with zero attached hydrogens (tertiary/aromatic N) is 2. The third kappa shape index (κ3) is 3.32. The highest BCUT2D eigenvalue weighted by Gasteiger charge is 2.15. The van der Waals surface area contributed by atoms with Crippen LogP contribution in [0.5, 0.6) is 0 Å². The van der Waals surface area contributed by atoms with Crippen molar-refractivity contribution in [2.24, 2.45) is 0 Å². The zero-order valence-electron chi connectivity index (χ0n) is 14.4. The molecule has 0 atom stereocenters. The maximum absolute atomic E-state index is 12.7. The number of amides is 1. The van der Waals surface area contributed by atoms with Gasteiger partial charge in [0.25, 0.3) is 5.91 Å². The number of hydrogen-bond acceptors (Lipinski definition) is 5. The molecule has 2 aromatic carbocycles. The van der Waals surface area contributed by atoms with Crippen LogP contribution in [0.3, 0.4) is 0 Å². The van der Waals surface area contributed by atoms with Crippen molar-refractivity contribution in [3.05, 3.63) is 77.4 Å². The van der Waals surface area contributed by atoms with Crippen LogP contribution in [0.15, 0.2) is 66.2 Å². The number of hydrogen-bond donors (Lipinski definition) is 1. The number of rotatable bonds is 4. The Hall–Kier alpha value is -3.45. The molecule has 2 aromatic heterocycles. The highest BCUT2D eigenvalue weighted by molar-refractivity contribution is 7.15. The van der Waals surface area contributed by atoms with E-state index in [0.717, 1.165) is 16.2 Å². The molecule has 27 heavy (non-hydrogen) atoms. The molecular formula is C20H15N3O3S. The molecule has 1 amide bonds. The lowest BCUT2D eigenvalue weighted by atomic mass is 10.2. The van der Waals surface area contributed by atoms with Crippen molar-refractivity contribution in [2.45, 2.75) is 0 Å². The summed E-state index contributed by atoms with van der Waals surface area (Å²) >= 11 is 1.41. The number of anilines is 1. The summed E-state index contributed by atoms with van der Waals surface area (Å²) in [6, 6.07) is 16.4. The van der Waals surface area contributed by atoms with Gasteiger partial charge in [-0.15, -0.1) is 11.3 Å². The standard InChI is InChI=1S/C20H15N3O3S/c1-26-19(25)14-7-9-15(10-8-14)21-18(24)17-12-27-20-22-16(11-23(17)20)13-5-3-2-4-6-13/h2-12H,1H3,(H,21,24). The summed E-state index contributed by atoms with van der Waals surface area (Å²) in [5.74, 6) is -0.664. The molecule has 2 heterocycles. The van der Waals surface area contributed by atoms with Gasteiger partial charge in [-0.05, 0) is 24.3 Å². The van der Waals surface area contributed by atoms with E-state index < -0.39 is 5.97 Å². The Morgan fingerprint density at radius 2 is 1.81 bits per heavy atom. The molecule has 0 aliphatic carbocycles. The quantitative estimate of drug-likeness (QED) is 0.544. The molecule has 0 saturated heterocycles. The first-order valence-corrected chi connectivity index (χ1v) is 9.05. The molecular weight excluding hydrogens is 362 g/mol. The molecule has 6 nitrogen and oxygen atoms in total. The van der Waals surface area contributed by atoms with Gasteiger partial charge in [0.1, 0.15) is 5.69 Å². The third-order valence-electron chi connectivity index (χ3n) is 4.08. The number of imidazole rings is 1. The first kappa shape index (κ1) is 17.0. The first-order chi connectivity index (χ1) is 13.2. The largest absolute Gasteiger partial charge is 0.465 e. The summed E-state index contributed by atoms with van der Waals surface area (Å²) in [5, 5.41) is 4.61. The number of fused-ring (bicyclic) bond motifs is 1. The van der Waals surface area contributed by atoms with Gasteiger partial charge in [0.2, 0.25) is 0 Å². The predicted octanol–water partition coefficient (Wildman–Crippen LogP) is 4.10. The number of esters is 1. The van der Waals surface area contributed by atoms with Crippen LogP contribution in [0, 0.1) is 0 Å². The van der Waals surface area contributed by atoms with Crippen LogP contribution in [-0.2, 0) is 4.74 Å². The van der Waals surface area contributed by atoms with Crippen LogP contribution in [0.25, 0.3) is 16.2 Å². The van der Waals surface area contributed by atoms with E-state index in [4.69, 9.17) is 0 Å². The maximum Gasteiger partial charge on any atom is 0.337 e. The van der Waals surface area contributed by atoms with Crippen LogP contribution < -0.4 is 5.32 Å². The molecule has 0 aliphatic heterocycles. The fourth-order valence-electron chi connectivity index (χ4n) is 2.70. The highest BCUT2D eigenvalue weighted by Crippen LogP contribution is 2.24. The van der Waals surface area contributed by atoms with Crippen molar-refractivity contribution < 1.29 is 14.3 Å². The summed E-state index contributed by atoms with van der Waals surface area (Å²) in [4.78, 5) is 29.5. The molecule has 0 radical (unpaired) electrons. The average molecular weight is 377 g/mol. The number of nitrogens with one attached hydrogen (secondary N) is 1. The summed E-state index contributed by atoms with van der Waals surface area (Å²) < 4.78 is 6.45. The molecule has 7 heteroatoms. The summed E-state index contributed by atoms with van der Waals surface area (Å²) in [5.41, 5.74) is 3.34. The van der Waals surface area contributed by atoms with E-state index in [9.17, 15) is 9.59 Å². The lowest BCUT2D eigenvalue weighted by molar-refractivity contribution is 0.0600. The molecule has 1 N–H and O–H groups in total. The van der Waals surface area contributed by atoms with Gasteiger partial charge < -0.3 is 10.1 Å². The smallest absolute Gasteiger partial charge is 0.337 e. The molecule has 4 aromatic rings. The number of thiazole rings is 1. The second kappa shape index (κ2) is 7.05. The Morgan fingerprint density at radius 1 is 1.07 bits per heavy atom. The topological polar surface area (TPSA) is 72.7 Å². The van der Waals surface area contributed by atoms with Crippen LogP contribution in [-0.4, -0.2) is 28.4 Å². The van der Waals surface area contributed by atoms with E-state index in [1.807, 2.05) is 36.5 Å². The first-order valence-electron chi connectivity index (χ1n) is 8.17. The van der Waals surface area contributed by atoms with Gasteiger partial charge in [-0.2, -0.15) is 0 Å². The number of carbonyl (C=O) groups is 2. The van der Waals surface area contributed by atoms with Crippen LogP contribution in [0.4, 0.5) is 5.69 Å². The minimum absolute atomic E-state index is 0.246. The van der Waals surface area contributed by atoms with Crippen LogP contribution >= 0.6 is 11.3 Å². The number of aromatic nitrogens is 2. The fraction of sp³-hybridized carbons (Fsp3) is 0.0500. The Labute approximate surface area is 159 Å². The maximum atomic E-state index is 12.7. The van der Waals surface area contributed by atoms with Crippen molar-refractivity contribution in [1.82, 2.24) is 9.38 Å². The van der Waals surface area contributed by atoms with Gasteiger partial charge in [-0.25, -0.2) is 9.78 Å². The van der Waals surface area contributed by atoms with Crippen molar-refractivity contribution in [3.63, 3.8) is 0 Å². The van der Waals surface area contributed by atoms with E-state index in [2.05, 4.69) is 15.0 Å². The third-order valence-corrected chi connectivity index (χ3v) is 4.92. The van der Waals surface area contributed by atoms with Crippen molar-refractivity contribution in [2.75, 3.05) is 12.4 Å². The molecule has 134 valence electrons. The number of methoxy groups -OCH3 is 1. The van der Waals surface area contributed by atoms with Gasteiger partial charge in [0.05, 0.1) is 18.4 Å². The van der Waals surface area contributed by atoms with Crippen molar-refractivity contribution >= 4 is 33.9 Å². The van der Waals surface area contributed by atoms with Gasteiger partial charge in [0, 0.05) is 22.8 Å². The minimum Gasteiger partial charge on any atom is -0.465 e. The normalized spacial score (nSPS) is 10.7. The van der Waals surface area contributed by atoms with Crippen molar-refractivity contribution in [1.29, 1.82) is 0 Å². The number of carbonyl (C=O) groups excluding carboxylic acids is 2. The Balaban J connectivity index is 1.58. The monoisotopic (exact) mass is 377 g/mol. The van der Waals surface area contributed by atoms with Crippen LogP contribution in [0.2, 0.25) is 0 Å². The predicted molar refractivity (Wildman–Crippen MR) is 104 cm³/mol.